The Kier molecular flexibility index (Phi) is 4.88. The van der Waals surface area contributed by atoms with Crippen LogP contribution in [0.15, 0.2) is 42.5 Å². The van der Waals surface area contributed by atoms with E-state index in [2.05, 4.69) is 6.07 Å². The van der Waals surface area contributed by atoms with Crippen molar-refractivity contribution in [2.24, 2.45) is 0 Å². The van der Waals surface area contributed by atoms with Crippen molar-refractivity contribution in [1.29, 1.82) is 0 Å². The highest BCUT2D eigenvalue weighted by Crippen LogP contribution is 2.21. The number of ether oxygens (including phenoxy) is 1. The zero-order valence-corrected chi connectivity index (χ0v) is 14.9. The van der Waals surface area contributed by atoms with Gasteiger partial charge in [-0.2, -0.15) is 0 Å². The van der Waals surface area contributed by atoms with Gasteiger partial charge in [-0.15, -0.1) is 0 Å². The third kappa shape index (κ3) is 3.73. The Morgan fingerprint density at radius 1 is 1.16 bits per heavy atom. The SMILES string of the molecule is Cc1cc(C)c(C)c(CC(=O)N2C(=O)OC[C@@H]2Cc2ccccc2)c1. The van der Waals surface area contributed by atoms with E-state index in [0.717, 1.165) is 27.8 Å². The normalized spacial score (nSPS) is 16.8. The summed E-state index contributed by atoms with van der Waals surface area (Å²) in [5.41, 5.74) is 5.45. The summed E-state index contributed by atoms with van der Waals surface area (Å²) in [6, 6.07) is 13.7. The predicted octanol–water partition coefficient (Wildman–Crippen LogP) is 3.74. The number of carbonyl (C=O) groups is 2. The summed E-state index contributed by atoms with van der Waals surface area (Å²) in [6.07, 6.45) is 0.298. The fourth-order valence-corrected chi connectivity index (χ4v) is 3.36. The molecule has 4 heteroatoms. The molecule has 25 heavy (non-hydrogen) atoms. The molecule has 0 saturated carbocycles. The summed E-state index contributed by atoms with van der Waals surface area (Å²) in [5, 5.41) is 0. The predicted molar refractivity (Wildman–Crippen MR) is 96.5 cm³/mol. The molecule has 2 aromatic rings. The van der Waals surface area contributed by atoms with Crippen LogP contribution in [-0.2, 0) is 22.4 Å². The number of aryl methyl sites for hydroxylation is 2. The molecule has 3 rings (SSSR count). The van der Waals surface area contributed by atoms with Gasteiger partial charge in [0.2, 0.25) is 5.91 Å². The van der Waals surface area contributed by atoms with Crippen LogP contribution in [0.25, 0.3) is 0 Å². The minimum atomic E-state index is -0.534. The molecule has 0 aliphatic carbocycles. The Labute approximate surface area is 148 Å². The van der Waals surface area contributed by atoms with Gasteiger partial charge in [0.15, 0.2) is 0 Å². The minimum Gasteiger partial charge on any atom is -0.447 e. The maximum Gasteiger partial charge on any atom is 0.416 e. The van der Waals surface area contributed by atoms with E-state index in [1.165, 1.54) is 4.90 Å². The largest absolute Gasteiger partial charge is 0.447 e. The van der Waals surface area contributed by atoms with Crippen LogP contribution in [0.2, 0.25) is 0 Å². The second kappa shape index (κ2) is 7.09. The number of carbonyl (C=O) groups excluding carboxylic acids is 2. The lowest BCUT2D eigenvalue weighted by molar-refractivity contribution is -0.128. The molecule has 4 nitrogen and oxygen atoms in total. The van der Waals surface area contributed by atoms with Gasteiger partial charge in [-0.05, 0) is 49.4 Å². The van der Waals surface area contributed by atoms with Crippen molar-refractivity contribution < 1.29 is 14.3 Å². The highest BCUT2D eigenvalue weighted by atomic mass is 16.6. The van der Waals surface area contributed by atoms with Gasteiger partial charge in [-0.3, -0.25) is 4.79 Å². The molecule has 2 aromatic carbocycles. The number of cyclic esters (lactones) is 1. The van der Waals surface area contributed by atoms with Gasteiger partial charge in [-0.1, -0.05) is 48.0 Å². The van der Waals surface area contributed by atoms with Crippen LogP contribution < -0.4 is 0 Å². The molecule has 0 bridgehead atoms. The van der Waals surface area contributed by atoms with E-state index >= 15 is 0 Å². The van der Waals surface area contributed by atoms with E-state index in [4.69, 9.17) is 4.74 Å². The second-order valence-corrected chi connectivity index (χ2v) is 6.73. The van der Waals surface area contributed by atoms with Gasteiger partial charge in [0.1, 0.15) is 6.61 Å². The standard InChI is InChI=1S/C21H23NO3/c1-14-9-15(2)16(3)18(10-14)12-20(23)22-19(13-25-21(22)24)11-17-7-5-4-6-8-17/h4-10,19H,11-13H2,1-3H3/t19-/m0/s1. The van der Waals surface area contributed by atoms with Gasteiger partial charge >= 0.3 is 6.09 Å². The smallest absolute Gasteiger partial charge is 0.416 e. The molecule has 1 heterocycles. The first-order valence-electron chi connectivity index (χ1n) is 8.55. The summed E-state index contributed by atoms with van der Waals surface area (Å²) >= 11 is 0. The third-order valence-corrected chi connectivity index (χ3v) is 4.80. The Bertz CT molecular complexity index is 798. The molecule has 1 aliphatic heterocycles. The Morgan fingerprint density at radius 3 is 2.60 bits per heavy atom. The van der Waals surface area contributed by atoms with Gasteiger partial charge in [0.25, 0.3) is 0 Å². The lowest BCUT2D eigenvalue weighted by Crippen LogP contribution is -2.41. The highest BCUT2D eigenvalue weighted by Gasteiger charge is 2.37. The molecule has 0 aromatic heterocycles. The van der Waals surface area contributed by atoms with Crippen LogP contribution in [0.4, 0.5) is 4.79 Å². The molecular formula is C21H23NO3. The van der Waals surface area contributed by atoms with Crippen molar-refractivity contribution in [3.05, 3.63) is 70.3 Å². The van der Waals surface area contributed by atoms with E-state index in [0.29, 0.717) is 6.42 Å². The number of nitrogens with zero attached hydrogens (tertiary/aromatic N) is 1. The Balaban J connectivity index is 1.78. The van der Waals surface area contributed by atoms with E-state index in [1.807, 2.05) is 57.2 Å². The van der Waals surface area contributed by atoms with Crippen molar-refractivity contribution in [2.45, 2.75) is 39.7 Å². The molecule has 130 valence electrons. The van der Waals surface area contributed by atoms with Crippen LogP contribution in [0.3, 0.4) is 0 Å². The topological polar surface area (TPSA) is 46.6 Å². The number of imide groups is 1. The number of hydrogen-bond donors (Lipinski definition) is 0. The Morgan fingerprint density at radius 2 is 1.88 bits per heavy atom. The summed E-state index contributed by atoms with van der Waals surface area (Å²) in [5.74, 6) is -0.198. The van der Waals surface area contributed by atoms with Gasteiger partial charge in [0, 0.05) is 0 Å². The van der Waals surface area contributed by atoms with Crippen LogP contribution in [0, 0.1) is 20.8 Å². The fraction of sp³-hybridized carbons (Fsp3) is 0.333. The molecule has 1 aliphatic rings. The molecule has 2 amide bonds. The molecular weight excluding hydrogens is 314 g/mol. The number of benzene rings is 2. The zero-order chi connectivity index (χ0) is 18.0. The molecule has 1 fully saturated rings. The summed E-state index contributed by atoms with van der Waals surface area (Å²) in [6.45, 7) is 6.33. The van der Waals surface area contributed by atoms with Gasteiger partial charge in [-0.25, -0.2) is 9.69 Å². The maximum absolute atomic E-state index is 12.8. The van der Waals surface area contributed by atoms with Crippen molar-refractivity contribution >= 4 is 12.0 Å². The number of rotatable bonds is 4. The summed E-state index contributed by atoms with van der Waals surface area (Å²) in [4.78, 5) is 26.2. The first-order chi connectivity index (χ1) is 12.0. The van der Waals surface area contributed by atoms with Gasteiger partial charge < -0.3 is 4.74 Å². The van der Waals surface area contributed by atoms with Crippen molar-refractivity contribution in [2.75, 3.05) is 6.61 Å². The van der Waals surface area contributed by atoms with E-state index < -0.39 is 6.09 Å². The molecule has 1 atom stereocenters. The molecule has 0 radical (unpaired) electrons. The molecule has 0 N–H and O–H groups in total. The van der Waals surface area contributed by atoms with Crippen molar-refractivity contribution in [1.82, 2.24) is 4.90 Å². The van der Waals surface area contributed by atoms with Crippen molar-refractivity contribution in [3.8, 4) is 0 Å². The van der Waals surface area contributed by atoms with Crippen LogP contribution in [0.1, 0.15) is 27.8 Å². The lowest BCUT2D eigenvalue weighted by atomic mass is 9.97. The highest BCUT2D eigenvalue weighted by molar-refractivity contribution is 5.94. The average Bonchev–Trinajstić information content (AvgIpc) is 2.93. The summed E-state index contributed by atoms with van der Waals surface area (Å²) in [7, 11) is 0. The summed E-state index contributed by atoms with van der Waals surface area (Å²) < 4.78 is 5.15. The average molecular weight is 337 g/mol. The first-order valence-corrected chi connectivity index (χ1v) is 8.55. The second-order valence-electron chi connectivity index (χ2n) is 6.73. The molecule has 0 unspecified atom stereocenters. The third-order valence-electron chi connectivity index (χ3n) is 4.80. The first kappa shape index (κ1) is 17.2. The van der Waals surface area contributed by atoms with Crippen LogP contribution >= 0.6 is 0 Å². The zero-order valence-electron chi connectivity index (χ0n) is 14.9. The quantitative estimate of drug-likeness (QED) is 0.854. The number of amides is 2. The van der Waals surface area contributed by atoms with E-state index in [1.54, 1.807) is 0 Å². The minimum absolute atomic E-state index is 0.198. The number of hydrogen-bond acceptors (Lipinski definition) is 3. The molecule has 1 saturated heterocycles. The maximum atomic E-state index is 12.8. The molecule has 0 spiro atoms. The van der Waals surface area contributed by atoms with Crippen molar-refractivity contribution in [3.63, 3.8) is 0 Å². The van der Waals surface area contributed by atoms with E-state index in [9.17, 15) is 9.59 Å². The fourth-order valence-electron chi connectivity index (χ4n) is 3.36. The monoisotopic (exact) mass is 337 g/mol. The lowest BCUT2D eigenvalue weighted by Gasteiger charge is -2.20. The van der Waals surface area contributed by atoms with Gasteiger partial charge in [0.05, 0.1) is 12.5 Å². The Hall–Kier alpha value is -2.62. The van der Waals surface area contributed by atoms with Crippen LogP contribution in [0.5, 0.6) is 0 Å². The van der Waals surface area contributed by atoms with Crippen LogP contribution in [-0.4, -0.2) is 29.5 Å². The van der Waals surface area contributed by atoms with E-state index in [-0.39, 0.29) is 25.0 Å².